The van der Waals surface area contributed by atoms with Crippen molar-refractivity contribution in [3.63, 3.8) is 0 Å². The standard InChI is InChI=1S/C12H22N2O2/c1-5-12(4,10-13)11(15)14(6-2)8-9-16-7-3/h5-9H2,1-4H3. The van der Waals surface area contributed by atoms with Gasteiger partial charge in [-0.05, 0) is 27.2 Å². The lowest BCUT2D eigenvalue weighted by Crippen LogP contribution is -2.43. The first-order valence-electron chi connectivity index (χ1n) is 5.84. The van der Waals surface area contributed by atoms with Crippen molar-refractivity contribution < 1.29 is 9.53 Å². The number of amides is 1. The van der Waals surface area contributed by atoms with Crippen molar-refractivity contribution in [3.8, 4) is 6.07 Å². The summed E-state index contributed by atoms with van der Waals surface area (Å²) in [6.07, 6.45) is 0.535. The molecule has 0 fully saturated rings. The highest BCUT2D eigenvalue weighted by Gasteiger charge is 2.34. The Morgan fingerprint density at radius 2 is 2.06 bits per heavy atom. The lowest BCUT2D eigenvalue weighted by molar-refractivity contribution is -0.139. The van der Waals surface area contributed by atoms with Crippen LogP contribution in [0.15, 0.2) is 0 Å². The number of hydrogen-bond donors (Lipinski definition) is 0. The minimum atomic E-state index is -0.901. The van der Waals surface area contributed by atoms with E-state index in [0.717, 1.165) is 0 Å². The quantitative estimate of drug-likeness (QED) is 0.622. The summed E-state index contributed by atoms with van der Waals surface area (Å²) in [5, 5.41) is 9.04. The van der Waals surface area contributed by atoms with Gasteiger partial charge in [-0.1, -0.05) is 6.92 Å². The molecule has 0 N–H and O–H groups in total. The first-order valence-corrected chi connectivity index (χ1v) is 5.84. The van der Waals surface area contributed by atoms with E-state index < -0.39 is 5.41 Å². The number of carbonyl (C=O) groups excluding carboxylic acids is 1. The van der Waals surface area contributed by atoms with Gasteiger partial charge in [0.25, 0.3) is 0 Å². The molecule has 4 nitrogen and oxygen atoms in total. The van der Waals surface area contributed by atoms with Crippen molar-refractivity contribution in [1.82, 2.24) is 4.90 Å². The fourth-order valence-corrected chi connectivity index (χ4v) is 1.35. The second-order valence-corrected chi connectivity index (χ2v) is 3.88. The van der Waals surface area contributed by atoms with Gasteiger partial charge in [0.05, 0.1) is 12.7 Å². The Bertz CT molecular complexity index is 260. The van der Waals surface area contributed by atoms with Crippen LogP contribution in [0.25, 0.3) is 0 Å². The Labute approximate surface area is 98.2 Å². The molecule has 0 saturated heterocycles. The minimum Gasteiger partial charge on any atom is -0.380 e. The normalized spacial score (nSPS) is 13.9. The van der Waals surface area contributed by atoms with Crippen LogP contribution >= 0.6 is 0 Å². The van der Waals surface area contributed by atoms with Gasteiger partial charge >= 0.3 is 0 Å². The molecule has 0 aromatic rings. The fraction of sp³-hybridized carbons (Fsp3) is 0.833. The van der Waals surface area contributed by atoms with Crippen LogP contribution in [0.2, 0.25) is 0 Å². The van der Waals surface area contributed by atoms with Crippen LogP contribution in [0.5, 0.6) is 0 Å². The van der Waals surface area contributed by atoms with Gasteiger partial charge in [-0.25, -0.2) is 0 Å². The second kappa shape index (κ2) is 7.24. The zero-order valence-corrected chi connectivity index (χ0v) is 10.7. The first-order chi connectivity index (χ1) is 7.55. The second-order valence-electron chi connectivity index (χ2n) is 3.88. The van der Waals surface area contributed by atoms with E-state index in [4.69, 9.17) is 10.00 Å². The van der Waals surface area contributed by atoms with Gasteiger partial charge in [-0.15, -0.1) is 0 Å². The van der Waals surface area contributed by atoms with Crippen LogP contribution in [-0.2, 0) is 9.53 Å². The molecule has 16 heavy (non-hydrogen) atoms. The molecule has 1 amide bonds. The van der Waals surface area contributed by atoms with Gasteiger partial charge in [0.15, 0.2) is 0 Å². The van der Waals surface area contributed by atoms with Crippen molar-refractivity contribution in [3.05, 3.63) is 0 Å². The minimum absolute atomic E-state index is 0.0975. The van der Waals surface area contributed by atoms with E-state index >= 15 is 0 Å². The predicted octanol–water partition coefficient (Wildman–Crippen LogP) is 1.81. The zero-order valence-electron chi connectivity index (χ0n) is 10.7. The summed E-state index contributed by atoms with van der Waals surface area (Å²) in [7, 11) is 0. The Kier molecular flexibility index (Phi) is 6.75. The maximum atomic E-state index is 12.1. The van der Waals surface area contributed by atoms with E-state index in [1.54, 1.807) is 11.8 Å². The van der Waals surface area contributed by atoms with E-state index in [-0.39, 0.29) is 5.91 Å². The molecule has 4 heteroatoms. The predicted molar refractivity (Wildman–Crippen MR) is 62.8 cm³/mol. The van der Waals surface area contributed by atoms with Crippen LogP contribution in [-0.4, -0.2) is 37.1 Å². The van der Waals surface area contributed by atoms with Gasteiger partial charge in [-0.2, -0.15) is 5.26 Å². The maximum absolute atomic E-state index is 12.1. The van der Waals surface area contributed by atoms with Gasteiger partial charge in [0.2, 0.25) is 5.91 Å². The number of nitrogens with zero attached hydrogens (tertiary/aromatic N) is 2. The smallest absolute Gasteiger partial charge is 0.242 e. The average Bonchev–Trinajstić information content (AvgIpc) is 2.33. The molecule has 0 aliphatic heterocycles. The lowest BCUT2D eigenvalue weighted by atomic mass is 9.88. The largest absolute Gasteiger partial charge is 0.380 e. The van der Waals surface area contributed by atoms with Crippen LogP contribution in [0.1, 0.15) is 34.1 Å². The van der Waals surface area contributed by atoms with E-state index in [9.17, 15) is 4.79 Å². The summed E-state index contributed by atoms with van der Waals surface area (Å²) in [5.41, 5.74) is -0.901. The van der Waals surface area contributed by atoms with Crippen molar-refractivity contribution >= 4 is 5.91 Å². The van der Waals surface area contributed by atoms with Crippen molar-refractivity contribution in [1.29, 1.82) is 5.26 Å². The summed E-state index contributed by atoms with van der Waals surface area (Å²) < 4.78 is 5.22. The third-order valence-corrected chi connectivity index (χ3v) is 2.80. The third-order valence-electron chi connectivity index (χ3n) is 2.80. The number of likely N-dealkylation sites (N-methyl/N-ethyl adjacent to an activating group) is 1. The molecule has 1 atom stereocenters. The highest BCUT2D eigenvalue weighted by atomic mass is 16.5. The van der Waals surface area contributed by atoms with Crippen molar-refractivity contribution in [2.75, 3.05) is 26.3 Å². The summed E-state index contributed by atoms with van der Waals surface area (Å²) in [5.74, 6) is -0.0975. The highest BCUT2D eigenvalue weighted by molar-refractivity contribution is 5.85. The molecule has 0 spiro atoms. The van der Waals surface area contributed by atoms with Crippen LogP contribution < -0.4 is 0 Å². The summed E-state index contributed by atoms with van der Waals surface area (Å²) in [6.45, 7) is 9.73. The molecule has 0 rings (SSSR count). The molecular weight excluding hydrogens is 204 g/mol. The number of nitriles is 1. The first kappa shape index (κ1) is 14.9. The summed E-state index contributed by atoms with van der Waals surface area (Å²) in [4.78, 5) is 13.8. The third kappa shape index (κ3) is 3.82. The monoisotopic (exact) mass is 226 g/mol. The molecule has 0 heterocycles. The zero-order chi connectivity index (χ0) is 12.6. The maximum Gasteiger partial charge on any atom is 0.242 e. The lowest BCUT2D eigenvalue weighted by Gasteiger charge is -2.28. The van der Waals surface area contributed by atoms with Crippen LogP contribution in [0.3, 0.4) is 0 Å². The molecule has 0 radical (unpaired) electrons. The van der Waals surface area contributed by atoms with Gasteiger partial charge < -0.3 is 9.64 Å². The van der Waals surface area contributed by atoms with Crippen LogP contribution in [0.4, 0.5) is 0 Å². The Balaban J connectivity index is 4.47. The molecule has 92 valence electrons. The summed E-state index contributed by atoms with van der Waals surface area (Å²) >= 11 is 0. The molecule has 0 bridgehead atoms. The summed E-state index contributed by atoms with van der Waals surface area (Å²) in [6, 6.07) is 2.10. The van der Waals surface area contributed by atoms with Gasteiger partial charge in [0, 0.05) is 19.7 Å². The molecule has 0 aromatic heterocycles. The number of ether oxygens (including phenoxy) is 1. The molecular formula is C12H22N2O2. The van der Waals surface area contributed by atoms with Gasteiger partial charge in [0.1, 0.15) is 5.41 Å². The molecule has 0 aliphatic carbocycles. The van der Waals surface area contributed by atoms with Gasteiger partial charge in [-0.3, -0.25) is 4.79 Å². The number of carbonyl (C=O) groups is 1. The van der Waals surface area contributed by atoms with E-state index in [2.05, 4.69) is 6.07 Å². The topological polar surface area (TPSA) is 53.3 Å². The Hall–Kier alpha value is -1.08. The highest BCUT2D eigenvalue weighted by Crippen LogP contribution is 2.22. The molecule has 0 aromatic carbocycles. The van der Waals surface area contributed by atoms with Crippen LogP contribution in [0, 0.1) is 16.7 Å². The SMILES string of the molecule is CCOCCN(CC)C(=O)C(C)(C#N)CC. The average molecular weight is 226 g/mol. The molecule has 0 saturated carbocycles. The molecule has 0 aliphatic rings. The van der Waals surface area contributed by atoms with E-state index in [1.807, 2.05) is 20.8 Å². The molecule has 1 unspecified atom stereocenters. The van der Waals surface area contributed by atoms with Crippen molar-refractivity contribution in [2.24, 2.45) is 5.41 Å². The van der Waals surface area contributed by atoms with E-state index in [1.165, 1.54) is 0 Å². The Morgan fingerprint density at radius 1 is 1.44 bits per heavy atom. The van der Waals surface area contributed by atoms with Crippen molar-refractivity contribution in [2.45, 2.75) is 34.1 Å². The Morgan fingerprint density at radius 3 is 2.44 bits per heavy atom. The van der Waals surface area contributed by atoms with E-state index in [0.29, 0.717) is 32.7 Å². The number of rotatable bonds is 7. The fourth-order valence-electron chi connectivity index (χ4n) is 1.35. The number of hydrogen-bond acceptors (Lipinski definition) is 3.